The zero-order valence-electron chi connectivity index (χ0n) is 20.8. The molecule has 198 valence electrons. The number of anilines is 1. The summed E-state index contributed by atoms with van der Waals surface area (Å²) in [7, 11) is 1.56. The highest BCUT2D eigenvalue weighted by Crippen LogP contribution is 2.32. The second-order valence-electron chi connectivity index (χ2n) is 9.13. The third-order valence-electron chi connectivity index (χ3n) is 6.22. The molecule has 2 aliphatic rings. The van der Waals surface area contributed by atoms with Gasteiger partial charge in [0.1, 0.15) is 35.6 Å². The Balaban J connectivity index is 1.27. The van der Waals surface area contributed by atoms with Crippen molar-refractivity contribution in [3.63, 3.8) is 0 Å². The molecule has 3 amide bonds. The van der Waals surface area contributed by atoms with Crippen LogP contribution in [0.5, 0.6) is 17.2 Å². The summed E-state index contributed by atoms with van der Waals surface area (Å²) in [6, 6.07) is 16.2. The molecule has 3 N–H and O–H groups in total. The lowest BCUT2D eigenvalue weighted by molar-refractivity contribution is -0.120. The van der Waals surface area contributed by atoms with E-state index in [0.29, 0.717) is 28.5 Å². The number of carbonyl (C=O) groups excluding carboxylic acids is 2. The van der Waals surface area contributed by atoms with E-state index in [4.69, 9.17) is 14.6 Å². The molecule has 0 saturated carbocycles. The number of ether oxygens (including phenoxy) is 2. The molecule has 1 atom stereocenters. The van der Waals surface area contributed by atoms with Gasteiger partial charge in [-0.25, -0.2) is 4.79 Å². The summed E-state index contributed by atoms with van der Waals surface area (Å²) in [5.74, 6) is 6.02. The van der Waals surface area contributed by atoms with E-state index in [9.17, 15) is 19.5 Å². The van der Waals surface area contributed by atoms with E-state index < -0.39 is 29.6 Å². The van der Waals surface area contributed by atoms with Gasteiger partial charge in [-0.05, 0) is 36.4 Å². The number of benzene rings is 2. The molecule has 1 fully saturated rings. The van der Waals surface area contributed by atoms with Crippen molar-refractivity contribution in [3.05, 3.63) is 78.1 Å². The Morgan fingerprint density at radius 1 is 1.13 bits per heavy atom. The van der Waals surface area contributed by atoms with E-state index >= 15 is 0 Å². The van der Waals surface area contributed by atoms with E-state index in [2.05, 4.69) is 22.1 Å². The van der Waals surface area contributed by atoms with Gasteiger partial charge < -0.3 is 34.8 Å². The standard InChI is InChI=1S/C28H24N4O7/c1-31-23-13-18(9-11-28(37)16-32(17-28)27(35)36)7-8-24(23)38-15-22(26(31)34)30-25(33)21-14-20(10-12-29-21)39-19-5-3-2-4-6-19/h2-8,10,12-14,22,37H,15-17H2,1H3,(H,30,33)(H,35,36). The van der Waals surface area contributed by atoms with Gasteiger partial charge in [-0.2, -0.15) is 0 Å². The Labute approximate surface area is 223 Å². The highest BCUT2D eigenvalue weighted by atomic mass is 16.5. The second kappa shape index (κ2) is 10.4. The van der Waals surface area contributed by atoms with Crippen LogP contribution in [-0.2, 0) is 4.79 Å². The molecule has 0 spiro atoms. The van der Waals surface area contributed by atoms with Gasteiger partial charge in [-0.15, -0.1) is 0 Å². The number of rotatable bonds is 4. The van der Waals surface area contributed by atoms with E-state index in [-0.39, 0.29) is 25.4 Å². The number of nitrogens with zero attached hydrogens (tertiary/aromatic N) is 3. The number of fused-ring (bicyclic) bond motifs is 1. The maximum atomic E-state index is 13.2. The van der Waals surface area contributed by atoms with Crippen LogP contribution in [0.3, 0.4) is 0 Å². The summed E-state index contributed by atoms with van der Waals surface area (Å²) in [6.07, 6.45) is 0.331. The first-order chi connectivity index (χ1) is 18.7. The zero-order chi connectivity index (χ0) is 27.6. The summed E-state index contributed by atoms with van der Waals surface area (Å²) >= 11 is 0. The minimum absolute atomic E-state index is 0.0774. The lowest BCUT2D eigenvalue weighted by Gasteiger charge is -2.41. The quantitative estimate of drug-likeness (QED) is 0.437. The van der Waals surface area contributed by atoms with Crippen molar-refractivity contribution in [2.24, 2.45) is 0 Å². The van der Waals surface area contributed by atoms with Crippen molar-refractivity contribution in [2.45, 2.75) is 11.6 Å². The smallest absolute Gasteiger partial charge is 0.407 e. The van der Waals surface area contributed by atoms with E-state index in [0.717, 1.165) is 4.90 Å². The maximum absolute atomic E-state index is 13.2. The summed E-state index contributed by atoms with van der Waals surface area (Å²) in [5.41, 5.74) is -0.404. The molecule has 1 unspecified atom stereocenters. The van der Waals surface area contributed by atoms with Gasteiger partial charge in [-0.1, -0.05) is 30.0 Å². The fourth-order valence-electron chi connectivity index (χ4n) is 4.12. The number of likely N-dealkylation sites (tertiary alicyclic amines) is 1. The lowest BCUT2D eigenvalue weighted by Crippen LogP contribution is -2.62. The molecule has 3 heterocycles. The van der Waals surface area contributed by atoms with Crippen LogP contribution in [-0.4, -0.2) is 76.4 Å². The topological polar surface area (TPSA) is 142 Å². The Kier molecular flexibility index (Phi) is 6.79. The monoisotopic (exact) mass is 528 g/mol. The average molecular weight is 529 g/mol. The van der Waals surface area contributed by atoms with Crippen LogP contribution >= 0.6 is 0 Å². The molecule has 5 rings (SSSR count). The van der Waals surface area contributed by atoms with Crippen LogP contribution in [0.1, 0.15) is 16.1 Å². The predicted molar refractivity (Wildman–Crippen MR) is 139 cm³/mol. The van der Waals surface area contributed by atoms with Gasteiger partial charge in [0.25, 0.3) is 11.8 Å². The number of amides is 3. The number of hydrogen-bond donors (Lipinski definition) is 3. The molecule has 1 aromatic heterocycles. The number of para-hydroxylation sites is 1. The molecule has 0 bridgehead atoms. The molecule has 3 aromatic rings. The molecule has 2 aliphatic heterocycles. The van der Waals surface area contributed by atoms with Crippen molar-refractivity contribution in [2.75, 3.05) is 31.6 Å². The van der Waals surface area contributed by atoms with Gasteiger partial charge in [0.2, 0.25) is 0 Å². The number of pyridine rings is 1. The highest BCUT2D eigenvalue weighted by Gasteiger charge is 2.42. The summed E-state index contributed by atoms with van der Waals surface area (Å²) < 4.78 is 11.6. The predicted octanol–water partition coefficient (Wildman–Crippen LogP) is 2.10. The molecule has 11 heteroatoms. The third-order valence-corrected chi connectivity index (χ3v) is 6.22. The Morgan fingerprint density at radius 2 is 1.90 bits per heavy atom. The number of aromatic nitrogens is 1. The van der Waals surface area contributed by atoms with Gasteiger partial charge >= 0.3 is 6.09 Å². The zero-order valence-corrected chi connectivity index (χ0v) is 20.8. The van der Waals surface area contributed by atoms with Crippen LogP contribution in [0.15, 0.2) is 66.9 Å². The van der Waals surface area contributed by atoms with Gasteiger partial charge in [0.05, 0.1) is 18.8 Å². The summed E-state index contributed by atoms with van der Waals surface area (Å²) in [6.45, 7) is -0.295. The normalized spacial score (nSPS) is 17.4. The van der Waals surface area contributed by atoms with Crippen LogP contribution in [0.4, 0.5) is 10.5 Å². The van der Waals surface area contributed by atoms with Crippen LogP contribution in [0.2, 0.25) is 0 Å². The first-order valence-corrected chi connectivity index (χ1v) is 12.0. The van der Waals surface area contributed by atoms with Crippen molar-refractivity contribution in [3.8, 4) is 29.1 Å². The van der Waals surface area contributed by atoms with Crippen molar-refractivity contribution in [1.29, 1.82) is 0 Å². The molecule has 0 aliphatic carbocycles. The second-order valence-corrected chi connectivity index (χ2v) is 9.13. The van der Waals surface area contributed by atoms with Gasteiger partial charge in [0.15, 0.2) is 5.60 Å². The molecule has 0 radical (unpaired) electrons. The van der Waals surface area contributed by atoms with Gasteiger partial charge in [-0.3, -0.25) is 14.6 Å². The van der Waals surface area contributed by atoms with E-state index in [1.54, 1.807) is 43.4 Å². The number of β-amino-alcohol motifs (C(OH)–C–C–N with tert-alkyl or cyclic N) is 1. The van der Waals surface area contributed by atoms with Crippen LogP contribution < -0.4 is 19.7 Å². The Hall–Kier alpha value is -5.08. The largest absolute Gasteiger partial charge is 0.489 e. The highest BCUT2D eigenvalue weighted by molar-refractivity contribution is 6.03. The third kappa shape index (κ3) is 5.61. The maximum Gasteiger partial charge on any atom is 0.407 e. The van der Waals surface area contributed by atoms with Crippen LogP contribution in [0.25, 0.3) is 0 Å². The van der Waals surface area contributed by atoms with Crippen molar-refractivity contribution >= 4 is 23.6 Å². The fraction of sp³-hybridized carbons (Fsp3) is 0.214. The molecule has 39 heavy (non-hydrogen) atoms. The number of aliphatic hydroxyl groups is 1. The molecular formula is C28H24N4O7. The Bertz CT molecular complexity index is 1490. The average Bonchev–Trinajstić information content (AvgIpc) is 3.03. The lowest BCUT2D eigenvalue weighted by atomic mass is 9.95. The minimum Gasteiger partial charge on any atom is -0.489 e. The van der Waals surface area contributed by atoms with Crippen LogP contribution in [0, 0.1) is 11.8 Å². The molecule has 2 aromatic carbocycles. The summed E-state index contributed by atoms with van der Waals surface area (Å²) in [4.78, 5) is 43.6. The van der Waals surface area contributed by atoms with Crippen molar-refractivity contribution < 1.29 is 34.1 Å². The van der Waals surface area contributed by atoms with E-state index in [1.807, 2.05) is 18.2 Å². The van der Waals surface area contributed by atoms with Gasteiger partial charge in [0, 0.05) is 24.9 Å². The van der Waals surface area contributed by atoms with Crippen molar-refractivity contribution in [1.82, 2.24) is 15.2 Å². The first kappa shape index (κ1) is 25.6. The number of nitrogens with one attached hydrogen (secondary N) is 1. The number of carboxylic acid groups (broad SMARTS) is 1. The first-order valence-electron chi connectivity index (χ1n) is 12.0. The SMILES string of the molecule is CN1C(=O)C(NC(=O)c2cc(Oc3ccccc3)ccn2)COc2ccc(C#CC3(O)CN(C(=O)O)C3)cc21. The summed E-state index contributed by atoms with van der Waals surface area (Å²) in [5, 5.41) is 22.0. The molecule has 11 nitrogen and oxygen atoms in total. The number of hydrogen-bond acceptors (Lipinski definition) is 7. The Morgan fingerprint density at radius 3 is 2.64 bits per heavy atom. The molecule has 1 saturated heterocycles. The van der Waals surface area contributed by atoms with E-state index in [1.165, 1.54) is 17.2 Å². The number of likely N-dealkylation sites (N-methyl/N-ethyl adjacent to an activating group) is 1. The fourth-order valence-corrected chi connectivity index (χ4v) is 4.12. The number of carbonyl (C=O) groups is 3. The minimum atomic E-state index is -1.42. The molecular weight excluding hydrogens is 504 g/mol.